The highest BCUT2D eigenvalue weighted by atomic mass is 32.2. The van der Waals surface area contributed by atoms with Crippen molar-refractivity contribution in [1.82, 2.24) is 5.32 Å². The predicted molar refractivity (Wildman–Crippen MR) is 78.9 cm³/mol. The van der Waals surface area contributed by atoms with Gasteiger partial charge in [0.2, 0.25) is 0 Å². The average molecular weight is 281 g/mol. The molecule has 0 saturated carbocycles. The van der Waals surface area contributed by atoms with Gasteiger partial charge in [0.15, 0.2) is 0 Å². The Morgan fingerprint density at radius 3 is 2.42 bits per heavy atom. The average Bonchev–Trinajstić information content (AvgIpc) is 2.41. The summed E-state index contributed by atoms with van der Waals surface area (Å²) in [6.07, 6.45) is 3.70. The highest BCUT2D eigenvalue weighted by Crippen LogP contribution is 2.22. The van der Waals surface area contributed by atoms with Crippen LogP contribution in [0, 0.1) is 0 Å². The summed E-state index contributed by atoms with van der Waals surface area (Å²) in [5.74, 6) is 0.663. The highest BCUT2D eigenvalue weighted by Gasteiger charge is 2.25. The summed E-state index contributed by atoms with van der Waals surface area (Å²) in [4.78, 5) is 0. The Hall–Kier alpha value is -0.870. The van der Waals surface area contributed by atoms with Crippen LogP contribution in [-0.4, -0.2) is 26.0 Å². The zero-order chi connectivity index (χ0) is 13.7. The van der Waals surface area contributed by atoms with Crippen LogP contribution in [0.2, 0.25) is 0 Å². The molecule has 4 heteroatoms. The third-order valence-electron chi connectivity index (χ3n) is 3.77. The maximum atomic E-state index is 11.4. The van der Waals surface area contributed by atoms with Crippen molar-refractivity contribution in [2.45, 2.75) is 44.7 Å². The van der Waals surface area contributed by atoms with E-state index in [9.17, 15) is 8.42 Å². The Bertz CT molecular complexity index is 470. The van der Waals surface area contributed by atoms with Crippen LogP contribution in [0.15, 0.2) is 30.3 Å². The molecule has 1 saturated heterocycles. The van der Waals surface area contributed by atoms with Crippen molar-refractivity contribution in [2.24, 2.45) is 0 Å². The van der Waals surface area contributed by atoms with Gasteiger partial charge in [-0.05, 0) is 24.8 Å². The Morgan fingerprint density at radius 2 is 1.84 bits per heavy atom. The normalized spacial score (nSPS) is 21.1. The quantitative estimate of drug-likeness (QED) is 0.902. The molecule has 1 heterocycles. The van der Waals surface area contributed by atoms with Crippen LogP contribution < -0.4 is 5.32 Å². The van der Waals surface area contributed by atoms with E-state index >= 15 is 0 Å². The van der Waals surface area contributed by atoms with Crippen molar-refractivity contribution >= 4 is 9.84 Å². The summed E-state index contributed by atoms with van der Waals surface area (Å²) in [6, 6.07) is 11.1. The van der Waals surface area contributed by atoms with E-state index in [1.165, 1.54) is 5.56 Å². The summed E-state index contributed by atoms with van der Waals surface area (Å²) in [7, 11) is -2.77. The molecule has 3 nitrogen and oxygen atoms in total. The molecule has 1 unspecified atom stereocenters. The lowest BCUT2D eigenvalue weighted by molar-refractivity contribution is 0.388. The topological polar surface area (TPSA) is 46.2 Å². The number of rotatable bonds is 5. The Labute approximate surface area is 116 Å². The molecule has 1 aliphatic rings. The van der Waals surface area contributed by atoms with E-state index in [-0.39, 0.29) is 0 Å². The lowest BCUT2D eigenvalue weighted by atomic mass is 10.00. The second kappa shape index (κ2) is 6.53. The van der Waals surface area contributed by atoms with Gasteiger partial charge >= 0.3 is 0 Å². The fourth-order valence-electron chi connectivity index (χ4n) is 2.66. The molecule has 2 rings (SSSR count). The van der Waals surface area contributed by atoms with E-state index < -0.39 is 9.84 Å². The van der Waals surface area contributed by atoms with Crippen LogP contribution in [0.25, 0.3) is 0 Å². The summed E-state index contributed by atoms with van der Waals surface area (Å²) < 4.78 is 22.9. The molecule has 106 valence electrons. The molecule has 0 aliphatic carbocycles. The van der Waals surface area contributed by atoms with Crippen molar-refractivity contribution in [3.8, 4) is 0 Å². The largest absolute Gasteiger partial charge is 0.307 e. The molecule has 1 atom stereocenters. The monoisotopic (exact) mass is 281 g/mol. The molecular weight excluding hydrogens is 258 g/mol. The van der Waals surface area contributed by atoms with Crippen LogP contribution in [-0.2, 0) is 9.84 Å². The fourth-order valence-corrected chi connectivity index (χ4v) is 4.15. The highest BCUT2D eigenvalue weighted by molar-refractivity contribution is 7.91. The zero-order valence-electron chi connectivity index (χ0n) is 11.5. The first kappa shape index (κ1) is 14.5. The van der Waals surface area contributed by atoms with Crippen LogP contribution >= 0.6 is 0 Å². The van der Waals surface area contributed by atoms with E-state index in [2.05, 4.69) is 36.5 Å². The van der Waals surface area contributed by atoms with Gasteiger partial charge in [-0.25, -0.2) is 8.42 Å². The van der Waals surface area contributed by atoms with Crippen LogP contribution in [0.3, 0.4) is 0 Å². The Balaban J connectivity index is 1.98. The molecule has 1 N–H and O–H groups in total. The van der Waals surface area contributed by atoms with Gasteiger partial charge in [0.25, 0.3) is 0 Å². The number of hydrogen-bond donors (Lipinski definition) is 1. The molecule has 0 radical (unpaired) electrons. The van der Waals surface area contributed by atoms with Crippen LogP contribution in [0.4, 0.5) is 0 Å². The molecule has 19 heavy (non-hydrogen) atoms. The summed E-state index contributed by atoms with van der Waals surface area (Å²) in [5.41, 5.74) is 1.30. The summed E-state index contributed by atoms with van der Waals surface area (Å²) in [5, 5.41) is 3.65. The molecule has 1 aromatic carbocycles. The maximum absolute atomic E-state index is 11.4. The minimum absolute atomic E-state index is 0.332. The third-order valence-corrected chi connectivity index (χ3v) is 5.49. The van der Waals surface area contributed by atoms with Gasteiger partial charge in [-0.3, -0.25) is 0 Å². The van der Waals surface area contributed by atoms with E-state index in [4.69, 9.17) is 0 Å². The number of benzene rings is 1. The Kier molecular flexibility index (Phi) is 4.99. The van der Waals surface area contributed by atoms with Gasteiger partial charge in [0, 0.05) is 12.1 Å². The standard InChI is InChI=1S/C15H23NO2S/c1-2-6-15(13-7-4-3-5-8-13)16-14-9-11-19(17,18)12-10-14/h3-5,7-8,14-16H,2,6,9-12H2,1H3. The number of sulfone groups is 1. The summed E-state index contributed by atoms with van der Waals surface area (Å²) >= 11 is 0. The second-order valence-electron chi connectivity index (χ2n) is 5.34. The van der Waals surface area contributed by atoms with Gasteiger partial charge in [-0.2, -0.15) is 0 Å². The minimum atomic E-state index is -2.77. The summed E-state index contributed by atoms with van der Waals surface area (Å²) in [6.45, 7) is 2.18. The molecule has 1 aromatic rings. The smallest absolute Gasteiger partial charge is 0.150 e. The first-order valence-corrected chi connectivity index (χ1v) is 8.94. The lowest BCUT2D eigenvalue weighted by Crippen LogP contribution is -2.39. The van der Waals surface area contributed by atoms with Crippen molar-refractivity contribution in [1.29, 1.82) is 0 Å². The van der Waals surface area contributed by atoms with Gasteiger partial charge in [-0.1, -0.05) is 43.7 Å². The number of hydrogen-bond acceptors (Lipinski definition) is 3. The molecule has 0 bridgehead atoms. The fraction of sp³-hybridized carbons (Fsp3) is 0.600. The van der Waals surface area contributed by atoms with Crippen LogP contribution in [0.1, 0.15) is 44.2 Å². The van der Waals surface area contributed by atoms with Crippen LogP contribution in [0.5, 0.6) is 0 Å². The van der Waals surface area contributed by atoms with Crippen molar-refractivity contribution in [3.63, 3.8) is 0 Å². The van der Waals surface area contributed by atoms with E-state index in [0.717, 1.165) is 25.7 Å². The van der Waals surface area contributed by atoms with Crippen molar-refractivity contribution in [2.75, 3.05) is 11.5 Å². The van der Waals surface area contributed by atoms with E-state index in [0.29, 0.717) is 23.6 Å². The van der Waals surface area contributed by atoms with Gasteiger partial charge < -0.3 is 5.32 Å². The molecule has 1 fully saturated rings. The molecular formula is C15H23NO2S. The SMILES string of the molecule is CCCC(NC1CCS(=O)(=O)CC1)c1ccccc1. The first-order valence-electron chi connectivity index (χ1n) is 7.12. The molecule has 0 aromatic heterocycles. The second-order valence-corrected chi connectivity index (χ2v) is 7.65. The van der Waals surface area contributed by atoms with Gasteiger partial charge in [-0.15, -0.1) is 0 Å². The van der Waals surface area contributed by atoms with E-state index in [1.807, 2.05) is 6.07 Å². The Morgan fingerprint density at radius 1 is 1.21 bits per heavy atom. The zero-order valence-corrected chi connectivity index (χ0v) is 12.3. The van der Waals surface area contributed by atoms with Gasteiger partial charge in [0.05, 0.1) is 11.5 Å². The minimum Gasteiger partial charge on any atom is -0.307 e. The maximum Gasteiger partial charge on any atom is 0.150 e. The van der Waals surface area contributed by atoms with Crippen molar-refractivity contribution in [3.05, 3.63) is 35.9 Å². The third kappa shape index (κ3) is 4.32. The lowest BCUT2D eigenvalue weighted by Gasteiger charge is -2.28. The van der Waals surface area contributed by atoms with E-state index in [1.54, 1.807) is 0 Å². The van der Waals surface area contributed by atoms with Gasteiger partial charge in [0.1, 0.15) is 9.84 Å². The number of nitrogens with one attached hydrogen (secondary N) is 1. The molecule has 1 aliphatic heterocycles. The predicted octanol–water partition coefficient (Wildman–Crippen LogP) is 2.69. The first-order chi connectivity index (χ1) is 9.11. The molecule has 0 spiro atoms. The van der Waals surface area contributed by atoms with Crippen molar-refractivity contribution < 1.29 is 8.42 Å². The molecule has 0 amide bonds.